The first-order valence-corrected chi connectivity index (χ1v) is 7.45. The molecule has 4 fully saturated rings. The topological polar surface area (TPSA) is 95.6 Å². The SMILES string of the molecule is N#Cc1nc(C2C3CC4CC(C3)CC2C4)[nH]c1C(N)=O. The fraction of sp³-hybridized carbons (Fsp3) is 0.667. The molecule has 0 aliphatic heterocycles. The summed E-state index contributed by atoms with van der Waals surface area (Å²) in [6.07, 6.45) is 6.55. The van der Waals surface area contributed by atoms with Gasteiger partial charge in [0, 0.05) is 5.92 Å². The number of primary amides is 1. The van der Waals surface area contributed by atoms with Gasteiger partial charge in [-0.25, -0.2) is 4.98 Å². The number of nitrogens with one attached hydrogen (secondary N) is 1. The highest BCUT2D eigenvalue weighted by atomic mass is 16.1. The largest absolute Gasteiger partial charge is 0.364 e. The molecule has 0 radical (unpaired) electrons. The molecule has 0 aromatic carbocycles. The van der Waals surface area contributed by atoms with E-state index in [-0.39, 0.29) is 11.4 Å². The number of aromatic nitrogens is 2. The molecule has 1 amide bonds. The van der Waals surface area contributed by atoms with Crippen LogP contribution in [0, 0.1) is 35.0 Å². The number of nitriles is 1. The highest BCUT2D eigenvalue weighted by Crippen LogP contribution is 2.59. The van der Waals surface area contributed by atoms with Gasteiger partial charge >= 0.3 is 0 Å². The molecule has 4 aliphatic carbocycles. The number of aromatic amines is 1. The van der Waals surface area contributed by atoms with Crippen molar-refractivity contribution in [1.29, 1.82) is 5.26 Å². The lowest BCUT2D eigenvalue weighted by molar-refractivity contribution is -0.00542. The lowest BCUT2D eigenvalue weighted by Crippen LogP contribution is -2.44. The van der Waals surface area contributed by atoms with Crippen LogP contribution < -0.4 is 5.73 Å². The van der Waals surface area contributed by atoms with E-state index in [2.05, 4.69) is 9.97 Å². The van der Waals surface area contributed by atoms with Crippen molar-refractivity contribution in [3.63, 3.8) is 0 Å². The maximum absolute atomic E-state index is 11.4. The van der Waals surface area contributed by atoms with Crippen molar-refractivity contribution in [3.8, 4) is 6.07 Å². The van der Waals surface area contributed by atoms with Gasteiger partial charge in [0.2, 0.25) is 0 Å². The maximum Gasteiger partial charge on any atom is 0.268 e. The molecular formula is C15H18N4O. The minimum atomic E-state index is -0.593. The van der Waals surface area contributed by atoms with Gasteiger partial charge < -0.3 is 10.7 Å². The number of carbonyl (C=O) groups excluding carboxylic acids is 1. The van der Waals surface area contributed by atoms with E-state index in [0.29, 0.717) is 17.8 Å². The number of carbonyl (C=O) groups is 1. The van der Waals surface area contributed by atoms with Crippen LogP contribution >= 0.6 is 0 Å². The van der Waals surface area contributed by atoms with Crippen LogP contribution in [0.15, 0.2) is 0 Å². The number of hydrogen-bond acceptors (Lipinski definition) is 3. The van der Waals surface area contributed by atoms with Gasteiger partial charge in [0.1, 0.15) is 17.6 Å². The Labute approximate surface area is 117 Å². The number of hydrogen-bond donors (Lipinski definition) is 2. The van der Waals surface area contributed by atoms with Crippen LogP contribution in [0.25, 0.3) is 0 Å². The van der Waals surface area contributed by atoms with Gasteiger partial charge in [-0.3, -0.25) is 4.79 Å². The summed E-state index contributed by atoms with van der Waals surface area (Å²) in [5.41, 5.74) is 5.65. The van der Waals surface area contributed by atoms with Crippen molar-refractivity contribution in [3.05, 3.63) is 17.2 Å². The Kier molecular flexibility index (Phi) is 2.44. The Morgan fingerprint density at radius 1 is 1.20 bits per heavy atom. The first kappa shape index (κ1) is 12.0. The van der Waals surface area contributed by atoms with Crippen molar-refractivity contribution >= 4 is 5.91 Å². The third-order valence-corrected chi connectivity index (χ3v) is 5.62. The molecule has 0 unspecified atom stereocenters. The summed E-state index contributed by atoms with van der Waals surface area (Å²) in [4.78, 5) is 18.8. The van der Waals surface area contributed by atoms with Gasteiger partial charge in [0.25, 0.3) is 5.91 Å². The van der Waals surface area contributed by atoms with Crippen molar-refractivity contribution in [2.24, 2.45) is 29.4 Å². The lowest BCUT2D eigenvalue weighted by atomic mass is 9.52. The predicted molar refractivity (Wildman–Crippen MR) is 71.6 cm³/mol. The molecule has 0 saturated heterocycles. The summed E-state index contributed by atoms with van der Waals surface area (Å²) in [7, 11) is 0. The number of imidazole rings is 1. The molecule has 3 N–H and O–H groups in total. The Bertz CT molecular complexity index is 584. The first-order valence-electron chi connectivity index (χ1n) is 7.45. The summed E-state index contributed by atoms with van der Waals surface area (Å²) in [6.45, 7) is 0. The highest BCUT2D eigenvalue weighted by Gasteiger charge is 2.49. The second kappa shape index (κ2) is 4.08. The standard InChI is InChI=1S/C15H18N4O/c16-6-11-13(14(17)20)19-15(18-11)12-9-2-7-1-8(4-9)5-10(12)3-7/h7-10,12H,1-5H2,(H2,17,20)(H,18,19). The van der Waals surface area contributed by atoms with Gasteiger partial charge in [0.05, 0.1) is 0 Å². The van der Waals surface area contributed by atoms with Crippen LogP contribution in [0.4, 0.5) is 0 Å². The first-order chi connectivity index (χ1) is 9.65. The molecule has 4 aliphatic rings. The molecule has 5 rings (SSSR count). The van der Waals surface area contributed by atoms with E-state index in [1.807, 2.05) is 6.07 Å². The Morgan fingerprint density at radius 3 is 2.25 bits per heavy atom. The Balaban J connectivity index is 1.71. The van der Waals surface area contributed by atoms with Gasteiger partial charge in [0.15, 0.2) is 5.69 Å². The Hall–Kier alpha value is -1.83. The molecule has 20 heavy (non-hydrogen) atoms. The second-order valence-electron chi connectivity index (χ2n) is 6.78. The summed E-state index contributed by atoms with van der Waals surface area (Å²) in [6, 6.07) is 1.98. The van der Waals surface area contributed by atoms with E-state index in [4.69, 9.17) is 11.0 Å². The van der Waals surface area contributed by atoms with E-state index in [9.17, 15) is 4.79 Å². The summed E-state index contributed by atoms with van der Waals surface area (Å²) in [5, 5.41) is 9.09. The minimum Gasteiger partial charge on any atom is -0.364 e. The zero-order chi connectivity index (χ0) is 13.9. The van der Waals surface area contributed by atoms with Crippen LogP contribution in [0.3, 0.4) is 0 Å². The maximum atomic E-state index is 11.4. The van der Waals surface area contributed by atoms with Gasteiger partial charge in [-0.1, -0.05) is 0 Å². The van der Waals surface area contributed by atoms with E-state index in [1.165, 1.54) is 32.1 Å². The smallest absolute Gasteiger partial charge is 0.268 e. The van der Waals surface area contributed by atoms with Gasteiger partial charge in [-0.2, -0.15) is 5.26 Å². The quantitative estimate of drug-likeness (QED) is 0.859. The molecule has 1 heterocycles. The zero-order valence-electron chi connectivity index (χ0n) is 11.3. The molecule has 4 bridgehead atoms. The molecule has 1 aromatic rings. The molecule has 5 nitrogen and oxygen atoms in total. The van der Waals surface area contributed by atoms with Crippen LogP contribution in [-0.4, -0.2) is 15.9 Å². The molecule has 4 saturated carbocycles. The third kappa shape index (κ3) is 1.60. The normalized spacial score (nSPS) is 37.9. The third-order valence-electron chi connectivity index (χ3n) is 5.62. The van der Waals surface area contributed by atoms with Crippen LogP contribution in [0.2, 0.25) is 0 Å². The summed E-state index contributed by atoms with van der Waals surface area (Å²) >= 11 is 0. The van der Waals surface area contributed by atoms with Gasteiger partial charge in [-0.05, 0) is 55.8 Å². The molecule has 5 heteroatoms. The fourth-order valence-electron chi connectivity index (χ4n) is 5.18. The Morgan fingerprint density at radius 2 is 1.80 bits per heavy atom. The minimum absolute atomic E-state index is 0.154. The highest BCUT2D eigenvalue weighted by molar-refractivity contribution is 5.92. The average Bonchev–Trinajstić information content (AvgIpc) is 2.81. The number of nitrogens with two attached hydrogens (primary N) is 1. The van der Waals surface area contributed by atoms with Crippen LogP contribution in [0.5, 0.6) is 0 Å². The molecule has 0 spiro atoms. The molecule has 104 valence electrons. The monoisotopic (exact) mass is 270 g/mol. The van der Waals surface area contributed by atoms with Crippen LogP contribution in [0.1, 0.15) is 60.0 Å². The fourth-order valence-corrected chi connectivity index (χ4v) is 5.18. The second-order valence-corrected chi connectivity index (χ2v) is 6.78. The predicted octanol–water partition coefficient (Wildman–Crippen LogP) is 1.92. The van der Waals surface area contributed by atoms with Crippen molar-refractivity contribution in [2.45, 2.75) is 38.0 Å². The molecular weight excluding hydrogens is 252 g/mol. The van der Waals surface area contributed by atoms with E-state index < -0.39 is 5.91 Å². The van der Waals surface area contributed by atoms with E-state index in [0.717, 1.165) is 17.7 Å². The number of rotatable bonds is 2. The van der Waals surface area contributed by atoms with Crippen molar-refractivity contribution in [2.75, 3.05) is 0 Å². The molecule has 0 atom stereocenters. The van der Waals surface area contributed by atoms with Crippen molar-refractivity contribution < 1.29 is 4.79 Å². The summed E-state index contributed by atoms with van der Waals surface area (Å²) < 4.78 is 0. The van der Waals surface area contributed by atoms with Crippen LogP contribution in [-0.2, 0) is 0 Å². The number of nitrogens with zero attached hydrogens (tertiary/aromatic N) is 2. The lowest BCUT2D eigenvalue weighted by Gasteiger charge is -2.53. The van der Waals surface area contributed by atoms with Gasteiger partial charge in [-0.15, -0.1) is 0 Å². The molecule has 1 aromatic heterocycles. The zero-order valence-corrected chi connectivity index (χ0v) is 11.3. The average molecular weight is 270 g/mol. The summed E-state index contributed by atoms with van der Waals surface area (Å²) in [5.74, 6) is 3.76. The number of amides is 1. The number of H-pyrrole nitrogens is 1. The van der Waals surface area contributed by atoms with E-state index in [1.54, 1.807) is 0 Å². The van der Waals surface area contributed by atoms with E-state index >= 15 is 0 Å². The van der Waals surface area contributed by atoms with Crippen molar-refractivity contribution in [1.82, 2.24) is 9.97 Å².